The van der Waals surface area contributed by atoms with Crippen molar-refractivity contribution in [3.63, 3.8) is 0 Å². The quantitative estimate of drug-likeness (QED) is 0.757. The number of hydrogen-bond donors (Lipinski definition) is 1. The molecule has 1 aliphatic heterocycles. The molecule has 1 saturated carbocycles. The number of esters is 1. The van der Waals surface area contributed by atoms with Crippen LogP contribution in [0.2, 0.25) is 0 Å². The molecule has 0 spiro atoms. The molecular weight excluding hydrogens is 254 g/mol. The van der Waals surface area contributed by atoms with Crippen LogP contribution in [0.1, 0.15) is 38.5 Å². The highest BCUT2D eigenvalue weighted by Crippen LogP contribution is 2.30. The van der Waals surface area contributed by atoms with Crippen molar-refractivity contribution in [3.05, 3.63) is 0 Å². The van der Waals surface area contributed by atoms with Crippen molar-refractivity contribution in [2.45, 2.75) is 50.1 Å². The summed E-state index contributed by atoms with van der Waals surface area (Å²) in [4.78, 5) is 16.7. The van der Waals surface area contributed by atoms with E-state index in [9.17, 15) is 4.79 Å². The molecule has 0 aromatic carbocycles. The molecule has 1 aliphatic carbocycles. The predicted molar refractivity (Wildman–Crippen MR) is 79.5 cm³/mol. The fourth-order valence-electron chi connectivity index (χ4n) is 3.53. The molecule has 2 N–H and O–H groups in total. The third-order valence-electron chi connectivity index (χ3n) is 4.94. The SMILES string of the molecule is COC(=O)C1(N)CCCC(N(C)CCN2CCCC2)C1. The Morgan fingerprint density at radius 3 is 2.75 bits per heavy atom. The molecular formula is C15H29N3O2. The predicted octanol–water partition coefficient (Wildman–Crippen LogP) is 0.827. The van der Waals surface area contributed by atoms with Gasteiger partial charge in [0.1, 0.15) is 5.54 Å². The molecule has 5 heteroatoms. The summed E-state index contributed by atoms with van der Waals surface area (Å²) in [5.41, 5.74) is 5.47. The Hall–Kier alpha value is -0.650. The van der Waals surface area contributed by atoms with Crippen LogP contribution in [-0.4, -0.2) is 67.7 Å². The second kappa shape index (κ2) is 6.87. The van der Waals surface area contributed by atoms with Crippen molar-refractivity contribution in [2.24, 2.45) is 5.73 Å². The molecule has 1 saturated heterocycles. The van der Waals surface area contributed by atoms with E-state index in [0.717, 1.165) is 38.8 Å². The number of likely N-dealkylation sites (N-methyl/N-ethyl adjacent to an activating group) is 1. The zero-order chi connectivity index (χ0) is 14.6. The highest BCUT2D eigenvalue weighted by atomic mass is 16.5. The number of ether oxygens (including phenoxy) is 1. The van der Waals surface area contributed by atoms with Crippen LogP contribution in [0, 0.1) is 0 Å². The van der Waals surface area contributed by atoms with E-state index in [2.05, 4.69) is 16.8 Å². The Balaban J connectivity index is 1.82. The Morgan fingerprint density at radius 2 is 2.10 bits per heavy atom. The van der Waals surface area contributed by atoms with Crippen molar-refractivity contribution in [1.29, 1.82) is 0 Å². The minimum Gasteiger partial charge on any atom is -0.468 e. The molecule has 0 amide bonds. The van der Waals surface area contributed by atoms with Gasteiger partial charge in [-0.1, -0.05) is 0 Å². The normalized spacial score (nSPS) is 31.7. The molecule has 0 aromatic heterocycles. The van der Waals surface area contributed by atoms with Gasteiger partial charge in [0.05, 0.1) is 7.11 Å². The first kappa shape index (κ1) is 15.7. The van der Waals surface area contributed by atoms with E-state index >= 15 is 0 Å². The topological polar surface area (TPSA) is 58.8 Å². The van der Waals surface area contributed by atoms with Crippen LogP contribution in [0.15, 0.2) is 0 Å². The third-order valence-corrected chi connectivity index (χ3v) is 4.94. The lowest BCUT2D eigenvalue weighted by Gasteiger charge is -2.40. The third kappa shape index (κ3) is 3.71. The fourth-order valence-corrected chi connectivity index (χ4v) is 3.53. The number of carbonyl (C=O) groups is 1. The smallest absolute Gasteiger partial charge is 0.325 e. The summed E-state index contributed by atoms with van der Waals surface area (Å²) < 4.78 is 4.87. The van der Waals surface area contributed by atoms with Crippen LogP contribution >= 0.6 is 0 Å². The monoisotopic (exact) mass is 283 g/mol. The summed E-state index contributed by atoms with van der Waals surface area (Å²) in [6, 6.07) is 0.399. The Morgan fingerprint density at radius 1 is 1.40 bits per heavy atom. The second-order valence-corrected chi connectivity index (χ2v) is 6.43. The van der Waals surface area contributed by atoms with Gasteiger partial charge in [0, 0.05) is 19.1 Å². The number of methoxy groups -OCH3 is 1. The molecule has 1 heterocycles. The average Bonchev–Trinajstić information content (AvgIpc) is 2.97. The molecule has 2 unspecified atom stereocenters. The van der Waals surface area contributed by atoms with Crippen molar-refractivity contribution in [3.8, 4) is 0 Å². The van der Waals surface area contributed by atoms with Crippen molar-refractivity contribution in [1.82, 2.24) is 9.80 Å². The van der Waals surface area contributed by atoms with E-state index < -0.39 is 5.54 Å². The summed E-state index contributed by atoms with van der Waals surface area (Å²) in [6.07, 6.45) is 6.27. The van der Waals surface area contributed by atoms with Gasteiger partial charge in [-0.25, -0.2) is 0 Å². The first-order chi connectivity index (χ1) is 9.55. The molecule has 2 rings (SSSR count). The number of nitrogens with two attached hydrogens (primary N) is 1. The molecule has 2 aliphatic rings. The molecule has 0 radical (unpaired) electrons. The molecule has 0 aromatic rings. The van der Waals surface area contributed by atoms with Crippen LogP contribution in [0.25, 0.3) is 0 Å². The van der Waals surface area contributed by atoms with Gasteiger partial charge in [0.25, 0.3) is 0 Å². The summed E-state index contributed by atoms with van der Waals surface area (Å²) in [5.74, 6) is -0.254. The summed E-state index contributed by atoms with van der Waals surface area (Å²) in [6.45, 7) is 4.66. The summed E-state index contributed by atoms with van der Waals surface area (Å²) >= 11 is 0. The number of carbonyl (C=O) groups excluding carboxylic acids is 1. The molecule has 116 valence electrons. The maximum atomic E-state index is 11.8. The highest BCUT2D eigenvalue weighted by Gasteiger charge is 2.41. The van der Waals surface area contributed by atoms with E-state index in [4.69, 9.17) is 10.5 Å². The lowest BCUT2D eigenvalue weighted by Crippen LogP contribution is -2.56. The average molecular weight is 283 g/mol. The van der Waals surface area contributed by atoms with Gasteiger partial charge in [-0.05, 0) is 58.7 Å². The van der Waals surface area contributed by atoms with Gasteiger partial charge in [-0.3, -0.25) is 4.79 Å². The Labute approximate surface area is 122 Å². The lowest BCUT2D eigenvalue weighted by molar-refractivity contribution is -0.149. The maximum absolute atomic E-state index is 11.8. The molecule has 2 atom stereocenters. The van der Waals surface area contributed by atoms with Crippen molar-refractivity contribution >= 4 is 5.97 Å². The van der Waals surface area contributed by atoms with Gasteiger partial charge in [0.15, 0.2) is 0 Å². The van der Waals surface area contributed by atoms with Crippen LogP contribution in [0.5, 0.6) is 0 Å². The number of rotatable bonds is 5. The van der Waals surface area contributed by atoms with E-state index in [1.54, 1.807) is 0 Å². The zero-order valence-corrected chi connectivity index (χ0v) is 12.9. The van der Waals surface area contributed by atoms with Gasteiger partial charge < -0.3 is 20.3 Å². The largest absolute Gasteiger partial charge is 0.468 e. The van der Waals surface area contributed by atoms with Gasteiger partial charge >= 0.3 is 5.97 Å². The number of nitrogens with zero attached hydrogens (tertiary/aromatic N) is 2. The number of hydrogen-bond acceptors (Lipinski definition) is 5. The molecule has 0 bridgehead atoms. The van der Waals surface area contributed by atoms with Crippen LogP contribution in [0.3, 0.4) is 0 Å². The zero-order valence-electron chi connectivity index (χ0n) is 12.9. The standard InChI is InChI=1S/C15H29N3O2/c1-17(10-11-18-8-3-4-9-18)13-6-5-7-15(16,12-13)14(19)20-2/h13H,3-12,16H2,1-2H3. The summed E-state index contributed by atoms with van der Waals surface area (Å²) in [5, 5.41) is 0. The summed E-state index contributed by atoms with van der Waals surface area (Å²) in [7, 11) is 3.58. The van der Waals surface area contributed by atoms with Crippen LogP contribution in [-0.2, 0) is 9.53 Å². The Kier molecular flexibility index (Phi) is 5.41. The molecule has 5 nitrogen and oxygen atoms in total. The van der Waals surface area contributed by atoms with E-state index in [1.807, 2.05) is 0 Å². The fraction of sp³-hybridized carbons (Fsp3) is 0.933. The lowest BCUT2D eigenvalue weighted by atomic mass is 9.79. The van der Waals surface area contributed by atoms with Gasteiger partial charge in [-0.15, -0.1) is 0 Å². The van der Waals surface area contributed by atoms with Crippen LogP contribution in [0.4, 0.5) is 0 Å². The maximum Gasteiger partial charge on any atom is 0.325 e. The first-order valence-corrected chi connectivity index (χ1v) is 7.85. The van der Waals surface area contributed by atoms with Crippen molar-refractivity contribution < 1.29 is 9.53 Å². The minimum absolute atomic E-state index is 0.254. The van der Waals surface area contributed by atoms with Crippen LogP contribution < -0.4 is 5.73 Å². The molecule has 2 fully saturated rings. The van der Waals surface area contributed by atoms with Gasteiger partial charge in [0.2, 0.25) is 0 Å². The van der Waals surface area contributed by atoms with Crippen molar-refractivity contribution in [2.75, 3.05) is 40.3 Å². The minimum atomic E-state index is -0.778. The van der Waals surface area contributed by atoms with E-state index in [0.29, 0.717) is 6.04 Å². The number of likely N-dealkylation sites (tertiary alicyclic amines) is 1. The molecule has 20 heavy (non-hydrogen) atoms. The highest BCUT2D eigenvalue weighted by molar-refractivity contribution is 5.80. The van der Waals surface area contributed by atoms with E-state index in [1.165, 1.54) is 33.0 Å². The van der Waals surface area contributed by atoms with Gasteiger partial charge in [-0.2, -0.15) is 0 Å². The Bertz CT molecular complexity index is 331. The van der Waals surface area contributed by atoms with E-state index in [-0.39, 0.29) is 5.97 Å². The second-order valence-electron chi connectivity index (χ2n) is 6.43. The first-order valence-electron chi connectivity index (χ1n) is 7.85.